The van der Waals surface area contributed by atoms with Gasteiger partial charge in [0.2, 0.25) is 5.95 Å². The van der Waals surface area contributed by atoms with E-state index in [1.807, 2.05) is 52.0 Å². The van der Waals surface area contributed by atoms with Gasteiger partial charge in [-0.3, -0.25) is 4.99 Å². The first kappa shape index (κ1) is 24.5. The largest absolute Gasteiger partial charge is 0.492 e. The fraction of sp³-hybridized carbons (Fsp3) is 0.500. The quantitative estimate of drug-likeness (QED) is 0.283. The summed E-state index contributed by atoms with van der Waals surface area (Å²) >= 11 is 0. The predicted molar refractivity (Wildman–Crippen MR) is 125 cm³/mol. The maximum Gasteiger partial charge on any atom is 0.225 e. The lowest BCUT2D eigenvalue weighted by molar-refractivity contribution is 0.197. The molecule has 0 bridgehead atoms. The number of ether oxygens (including phenoxy) is 2. The number of aliphatic imine (C=N–C) groups is 1. The second-order valence-electron chi connectivity index (χ2n) is 7.62. The molecule has 170 valence electrons. The molecule has 9 nitrogen and oxygen atoms in total. The van der Waals surface area contributed by atoms with Crippen LogP contribution >= 0.6 is 0 Å². The van der Waals surface area contributed by atoms with Gasteiger partial charge in [-0.15, -0.1) is 0 Å². The van der Waals surface area contributed by atoms with E-state index < -0.39 is 5.54 Å². The summed E-state index contributed by atoms with van der Waals surface area (Å²) < 4.78 is 10.7. The molecule has 0 unspecified atom stereocenters. The van der Waals surface area contributed by atoms with Gasteiger partial charge in [0.1, 0.15) is 18.0 Å². The third kappa shape index (κ3) is 8.12. The lowest BCUT2D eigenvalue weighted by atomic mass is 10.1. The highest BCUT2D eigenvalue weighted by Crippen LogP contribution is 2.31. The van der Waals surface area contributed by atoms with Crippen molar-refractivity contribution in [2.75, 3.05) is 50.7 Å². The smallest absolute Gasteiger partial charge is 0.225 e. The number of hydrogen-bond acceptors (Lipinski definition) is 9. The van der Waals surface area contributed by atoms with Crippen molar-refractivity contribution >= 4 is 29.4 Å². The minimum atomic E-state index is -0.545. The number of nitrogens with zero attached hydrogens (tertiary/aromatic N) is 3. The van der Waals surface area contributed by atoms with E-state index in [4.69, 9.17) is 9.47 Å². The molecule has 0 radical (unpaired) electrons. The van der Waals surface area contributed by atoms with Gasteiger partial charge in [-0.05, 0) is 52.0 Å². The van der Waals surface area contributed by atoms with Crippen LogP contribution in [0, 0.1) is 6.92 Å². The Hall–Kier alpha value is -2.75. The van der Waals surface area contributed by atoms with Crippen molar-refractivity contribution in [3.05, 3.63) is 30.0 Å². The summed E-state index contributed by atoms with van der Waals surface area (Å²) in [5, 5.41) is 19.2. The molecular weight excluding hydrogens is 396 g/mol. The first-order valence-electron chi connectivity index (χ1n) is 10.3. The number of hydrogen-bond donors (Lipinski definition) is 4. The van der Waals surface area contributed by atoms with Crippen LogP contribution in [0.3, 0.4) is 0 Å². The fourth-order valence-corrected chi connectivity index (χ4v) is 2.65. The summed E-state index contributed by atoms with van der Waals surface area (Å²) in [5.41, 5.74) is 1.70. The van der Waals surface area contributed by atoms with Crippen LogP contribution in [0.4, 0.5) is 23.1 Å². The van der Waals surface area contributed by atoms with Crippen LogP contribution in [0.1, 0.15) is 26.5 Å². The molecule has 31 heavy (non-hydrogen) atoms. The van der Waals surface area contributed by atoms with Gasteiger partial charge < -0.3 is 30.5 Å². The molecule has 9 heteroatoms. The molecule has 0 saturated heterocycles. The van der Waals surface area contributed by atoms with Gasteiger partial charge >= 0.3 is 0 Å². The number of aromatic nitrogens is 2. The average molecular weight is 431 g/mol. The number of benzene rings is 1. The second kappa shape index (κ2) is 12.2. The van der Waals surface area contributed by atoms with E-state index in [0.29, 0.717) is 30.7 Å². The molecule has 1 aromatic carbocycles. The maximum absolute atomic E-state index is 9.53. The highest BCUT2D eigenvalue weighted by atomic mass is 16.5. The zero-order valence-corrected chi connectivity index (χ0v) is 19.0. The number of rotatable bonds is 13. The second-order valence-corrected chi connectivity index (χ2v) is 7.62. The lowest BCUT2D eigenvalue weighted by Gasteiger charge is -2.24. The average Bonchev–Trinajstić information content (AvgIpc) is 2.74. The van der Waals surface area contributed by atoms with E-state index in [1.165, 1.54) is 0 Å². The topological polar surface area (TPSA) is 113 Å². The van der Waals surface area contributed by atoms with Gasteiger partial charge in [0.05, 0.1) is 24.4 Å². The maximum atomic E-state index is 9.53. The molecule has 0 aliphatic rings. The molecule has 0 spiro atoms. The minimum Gasteiger partial charge on any atom is -0.492 e. The predicted octanol–water partition coefficient (Wildman–Crippen LogP) is 3.05. The Labute approximate surface area is 184 Å². The Morgan fingerprint density at radius 2 is 1.84 bits per heavy atom. The highest BCUT2D eigenvalue weighted by Gasteiger charge is 2.19. The normalized spacial score (nSPS) is 11.7. The van der Waals surface area contributed by atoms with Crippen molar-refractivity contribution in [2.45, 2.75) is 33.2 Å². The molecule has 0 aliphatic heterocycles. The van der Waals surface area contributed by atoms with Crippen LogP contribution in [0.25, 0.3) is 0 Å². The van der Waals surface area contributed by atoms with Crippen LogP contribution in [0.2, 0.25) is 0 Å². The molecule has 4 N–H and O–H groups in total. The van der Waals surface area contributed by atoms with Crippen LogP contribution in [0.5, 0.6) is 5.75 Å². The van der Waals surface area contributed by atoms with Crippen molar-refractivity contribution in [1.82, 2.24) is 15.3 Å². The monoisotopic (exact) mass is 430 g/mol. The fourth-order valence-electron chi connectivity index (χ4n) is 2.65. The number of aliphatic hydroxyl groups is 1. The molecule has 0 fully saturated rings. The highest BCUT2D eigenvalue weighted by molar-refractivity contribution is 5.75. The van der Waals surface area contributed by atoms with Crippen molar-refractivity contribution in [3.8, 4) is 5.75 Å². The standard InChI is InChI=1S/C22H34N6O3/c1-6-24-19-16(2)25-21(28-22(3,4)15-29)27-20(19)26-17-7-9-18(10-8-17)31-14-12-23-11-13-30-5/h6-10,23,29H,11-15H2,1-5H3,(H2,25,26,27,28). The summed E-state index contributed by atoms with van der Waals surface area (Å²) in [5.74, 6) is 1.80. The Bertz CT molecular complexity index is 840. The van der Waals surface area contributed by atoms with E-state index in [1.54, 1.807) is 13.3 Å². The first-order valence-corrected chi connectivity index (χ1v) is 10.3. The summed E-state index contributed by atoms with van der Waals surface area (Å²) in [6.07, 6.45) is 1.71. The van der Waals surface area contributed by atoms with Crippen molar-refractivity contribution in [1.29, 1.82) is 0 Å². The van der Waals surface area contributed by atoms with Gasteiger partial charge in [-0.2, -0.15) is 4.98 Å². The summed E-state index contributed by atoms with van der Waals surface area (Å²) in [7, 11) is 1.68. The van der Waals surface area contributed by atoms with Gasteiger partial charge in [0.25, 0.3) is 0 Å². The van der Waals surface area contributed by atoms with Crippen LogP contribution in [-0.4, -0.2) is 66.8 Å². The Morgan fingerprint density at radius 1 is 1.13 bits per heavy atom. The van der Waals surface area contributed by atoms with Gasteiger partial charge in [-0.1, -0.05) is 0 Å². The molecule has 1 heterocycles. The van der Waals surface area contributed by atoms with E-state index in [9.17, 15) is 5.11 Å². The Balaban J connectivity index is 2.08. The number of aryl methyl sites for hydroxylation is 1. The lowest BCUT2D eigenvalue weighted by Crippen LogP contribution is -2.35. The van der Waals surface area contributed by atoms with E-state index in [0.717, 1.165) is 30.2 Å². The number of aliphatic hydroxyl groups excluding tert-OH is 1. The Kier molecular flexibility index (Phi) is 9.64. The zero-order valence-electron chi connectivity index (χ0n) is 19.0. The molecule has 0 amide bonds. The molecular formula is C22H34N6O3. The number of nitrogens with one attached hydrogen (secondary N) is 3. The van der Waals surface area contributed by atoms with Crippen LogP contribution in [0.15, 0.2) is 29.3 Å². The molecule has 2 aromatic rings. The van der Waals surface area contributed by atoms with E-state index in [-0.39, 0.29) is 6.61 Å². The molecule has 1 aromatic heterocycles. The number of anilines is 3. The van der Waals surface area contributed by atoms with Crippen LogP contribution in [-0.2, 0) is 4.74 Å². The minimum absolute atomic E-state index is 0.0452. The van der Waals surface area contributed by atoms with Crippen LogP contribution < -0.4 is 20.7 Å². The molecule has 0 aliphatic carbocycles. The summed E-state index contributed by atoms with van der Waals surface area (Å²) in [6.45, 7) is 10.2. The SMILES string of the molecule is CC=Nc1c(C)nc(NC(C)(C)CO)nc1Nc1ccc(OCCNCCOC)cc1. The summed E-state index contributed by atoms with van der Waals surface area (Å²) in [6, 6.07) is 7.66. The molecule has 2 rings (SSSR count). The summed E-state index contributed by atoms with van der Waals surface area (Å²) in [4.78, 5) is 13.5. The number of methoxy groups -OCH3 is 1. The Morgan fingerprint density at radius 3 is 2.48 bits per heavy atom. The van der Waals surface area contributed by atoms with Gasteiger partial charge in [0.15, 0.2) is 5.82 Å². The zero-order chi connectivity index (χ0) is 22.7. The third-order valence-electron chi connectivity index (χ3n) is 4.31. The molecule has 0 atom stereocenters. The van der Waals surface area contributed by atoms with Crippen molar-refractivity contribution < 1.29 is 14.6 Å². The third-order valence-corrected chi connectivity index (χ3v) is 4.31. The van der Waals surface area contributed by atoms with Gasteiger partial charge in [0, 0.05) is 32.1 Å². The first-order chi connectivity index (χ1) is 14.9. The van der Waals surface area contributed by atoms with Crippen molar-refractivity contribution in [2.24, 2.45) is 4.99 Å². The van der Waals surface area contributed by atoms with E-state index in [2.05, 4.69) is 30.9 Å². The van der Waals surface area contributed by atoms with E-state index >= 15 is 0 Å². The molecule has 0 saturated carbocycles. The van der Waals surface area contributed by atoms with Gasteiger partial charge in [-0.25, -0.2) is 4.98 Å². The van der Waals surface area contributed by atoms with Crippen molar-refractivity contribution in [3.63, 3.8) is 0 Å².